The number of nitrogen functional groups attached to an aromatic ring is 1. The van der Waals surface area contributed by atoms with Gasteiger partial charge < -0.3 is 30.7 Å². The van der Waals surface area contributed by atoms with E-state index < -0.39 is 5.92 Å². The zero-order valence-electron chi connectivity index (χ0n) is 16.0. The third-order valence-corrected chi connectivity index (χ3v) is 4.93. The standard InChI is InChI=1S/C19H22N6O4/c1-28-12-4-2-11(3-5-12)21-18(27)13-10-14(26)22-17-15(13)16(20)23-19(24-17)25-6-8-29-9-7-25/h2-5,13H,6-10H2,1H3,(H,21,27)(H3,20,22,23,24,26)/t13-/m0/s1. The zero-order chi connectivity index (χ0) is 20.4. The quantitative estimate of drug-likeness (QED) is 0.694. The number of nitrogens with one attached hydrogen (secondary N) is 2. The van der Waals surface area contributed by atoms with Gasteiger partial charge in [-0.1, -0.05) is 0 Å². The molecule has 152 valence electrons. The first-order chi connectivity index (χ1) is 14.0. The van der Waals surface area contributed by atoms with Crippen LogP contribution in [0.15, 0.2) is 24.3 Å². The Bertz CT molecular complexity index is 927. The van der Waals surface area contributed by atoms with E-state index in [4.69, 9.17) is 15.2 Å². The number of fused-ring (bicyclic) bond motifs is 1. The lowest BCUT2D eigenvalue weighted by Crippen LogP contribution is -2.38. The highest BCUT2D eigenvalue weighted by Gasteiger charge is 2.35. The van der Waals surface area contributed by atoms with Gasteiger partial charge in [-0.05, 0) is 24.3 Å². The van der Waals surface area contributed by atoms with Crippen LogP contribution in [0.5, 0.6) is 5.75 Å². The smallest absolute Gasteiger partial charge is 0.232 e. The molecule has 2 aliphatic rings. The molecule has 2 amide bonds. The van der Waals surface area contributed by atoms with Crippen molar-refractivity contribution in [2.75, 3.05) is 54.7 Å². The van der Waals surface area contributed by atoms with E-state index in [2.05, 4.69) is 20.6 Å². The first-order valence-corrected chi connectivity index (χ1v) is 9.30. The van der Waals surface area contributed by atoms with E-state index in [-0.39, 0.29) is 29.9 Å². The van der Waals surface area contributed by atoms with Gasteiger partial charge in [-0.25, -0.2) is 0 Å². The van der Waals surface area contributed by atoms with Crippen LogP contribution < -0.4 is 26.0 Å². The molecule has 29 heavy (non-hydrogen) atoms. The van der Waals surface area contributed by atoms with Crippen LogP contribution in [-0.2, 0) is 14.3 Å². The van der Waals surface area contributed by atoms with E-state index >= 15 is 0 Å². The summed E-state index contributed by atoms with van der Waals surface area (Å²) in [7, 11) is 1.57. The van der Waals surface area contributed by atoms with Crippen molar-refractivity contribution in [2.24, 2.45) is 0 Å². The molecule has 0 radical (unpaired) electrons. The highest BCUT2D eigenvalue weighted by atomic mass is 16.5. The Morgan fingerprint density at radius 1 is 1.28 bits per heavy atom. The maximum absolute atomic E-state index is 12.9. The normalized spacial score (nSPS) is 18.6. The molecule has 1 saturated heterocycles. The number of aromatic nitrogens is 2. The van der Waals surface area contributed by atoms with Crippen molar-refractivity contribution in [3.05, 3.63) is 29.8 Å². The molecule has 4 rings (SSSR count). The fourth-order valence-corrected chi connectivity index (χ4v) is 3.42. The molecule has 0 unspecified atom stereocenters. The molecule has 10 heteroatoms. The number of nitrogens with two attached hydrogens (primary N) is 1. The van der Waals surface area contributed by atoms with Crippen LogP contribution in [0.1, 0.15) is 17.9 Å². The third-order valence-electron chi connectivity index (χ3n) is 4.93. The van der Waals surface area contributed by atoms with Crippen LogP contribution in [0, 0.1) is 0 Å². The largest absolute Gasteiger partial charge is 0.497 e. The summed E-state index contributed by atoms with van der Waals surface area (Å²) < 4.78 is 10.5. The second-order valence-corrected chi connectivity index (χ2v) is 6.79. The minimum atomic E-state index is -0.778. The molecule has 1 aromatic carbocycles. The molecular formula is C19H22N6O4. The first kappa shape index (κ1) is 18.9. The lowest BCUT2D eigenvalue weighted by Gasteiger charge is -2.30. The molecular weight excluding hydrogens is 376 g/mol. The molecule has 1 fully saturated rings. The van der Waals surface area contributed by atoms with Gasteiger partial charge >= 0.3 is 0 Å². The van der Waals surface area contributed by atoms with E-state index in [1.807, 2.05) is 4.90 Å². The predicted molar refractivity (Wildman–Crippen MR) is 107 cm³/mol. The summed E-state index contributed by atoms with van der Waals surface area (Å²) in [6, 6.07) is 6.93. The molecule has 4 N–H and O–H groups in total. The van der Waals surface area contributed by atoms with Crippen LogP contribution in [0.2, 0.25) is 0 Å². The van der Waals surface area contributed by atoms with E-state index in [0.717, 1.165) is 0 Å². The molecule has 0 aliphatic carbocycles. The number of ether oxygens (including phenoxy) is 2. The number of hydrogen-bond donors (Lipinski definition) is 3. The Hall–Kier alpha value is -3.40. The first-order valence-electron chi connectivity index (χ1n) is 9.30. The number of morpholine rings is 1. The van der Waals surface area contributed by atoms with E-state index in [1.165, 1.54) is 0 Å². The summed E-state index contributed by atoms with van der Waals surface area (Å²) in [4.78, 5) is 35.9. The average Bonchev–Trinajstić information content (AvgIpc) is 2.74. The number of nitrogens with zero attached hydrogens (tertiary/aromatic N) is 3. The summed E-state index contributed by atoms with van der Waals surface area (Å²) >= 11 is 0. The van der Waals surface area contributed by atoms with Crippen LogP contribution in [0.3, 0.4) is 0 Å². The molecule has 3 heterocycles. The number of benzene rings is 1. The summed E-state index contributed by atoms with van der Waals surface area (Å²) in [6.07, 6.45) is -0.0283. The van der Waals surface area contributed by atoms with Gasteiger partial charge in [0.1, 0.15) is 17.4 Å². The van der Waals surface area contributed by atoms with Crippen LogP contribution in [-0.4, -0.2) is 55.2 Å². The van der Waals surface area contributed by atoms with E-state index in [1.54, 1.807) is 31.4 Å². The van der Waals surface area contributed by atoms with E-state index in [9.17, 15) is 9.59 Å². The van der Waals surface area contributed by atoms with Gasteiger partial charge in [0.05, 0.1) is 31.8 Å². The maximum Gasteiger partial charge on any atom is 0.232 e. The molecule has 2 aliphatic heterocycles. The van der Waals surface area contributed by atoms with Crippen LogP contribution in [0.4, 0.5) is 23.3 Å². The number of carbonyl (C=O) groups excluding carboxylic acids is 2. The Balaban J connectivity index is 1.60. The van der Waals surface area contributed by atoms with Crippen molar-refractivity contribution in [3.8, 4) is 5.75 Å². The fraction of sp³-hybridized carbons (Fsp3) is 0.368. The van der Waals surface area contributed by atoms with Crippen molar-refractivity contribution in [2.45, 2.75) is 12.3 Å². The van der Waals surface area contributed by atoms with Gasteiger partial charge in [0.15, 0.2) is 0 Å². The van der Waals surface area contributed by atoms with Crippen molar-refractivity contribution in [1.82, 2.24) is 9.97 Å². The number of carbonyl (C=O) groups is 2. The third kappa shape index (κ3) is 3.92. The molecule has 0 bridgehead atoms. The lowest BCUT2D eigenvalue weighted by molar-refractivity contribution is -0.123. The number of hydrogen-bond acceptors (Lipinski definition) is 8. The Kier molecular flexibility index (Phi) is 5.17. The van der Waals surface area contributed by atoms with Gasteiger partial charge in [0.25, 0.3) is 0 Å². The summed E-state index contributed by atoms with van der Waals surface area (Å²) in [5.41, 5.74) is 7.23. The Labute approximate surface area is 167 Å². The minimum Gasteiger partial charge on any atom is -0.497 e. The SMILES string of the molecule is COc1ccc(NC(=O)[C@H]2CC(=O)Nc3nc(N4CCOCC4)nc(N)c32)cc1. The zero-order valence-corrected chi connectivity index (χ0v) is 16.0. The molecule has 0 spiro atoms. The lowest BCUT2D eigenvalue weighted by atomic mass is 9.92. The summed E-state index contributed by atoms with van der Waals surface area (Å²) in [6.45, 7) is 2.40. The summed E-state index contributed by atoms with van der Waals surface area (Å²) in [5.74, 6) is 0.148. The monoisotopic (exact) mass is 398 g/mol. The van der Waals surface area contributed by atoms with Gasteiger partial charge in [0.2, 0.25) is 17.8 Å². The molecule has 1 aromatic heterocycles. The van der Waals surface area contributed by atoms with Crippen molar-refractivity contribution in [1.29, 1.82) is 0 Å². The van der Waals surface area contributed by atoms with Gasteiger partial charge in [-0.15, -0.1) is 0 Å². The minimum absolute atomic E-state index is 0.0283. The number of rotatable bonds is 4. The molecule has 2 aromatic rings. The number of anilines is 4. The number of amides is 2. The van der Waals surface area contributed by atoms with Crippen molar-refractivity contribution >= 4 is 35.1 Å². The average molecular weight is 398 g/mol. The van der Waals surface area contributed by atoms with Crippen LogP contribution in [0.25, 0.3) is 0 Å². The highest BCUT2D eigenvalue weighted by Crippen LogP contribution is 2.36. The topological polar surface area (TPSA) is 132 Å². The van der Waals surface area contributed by atoms with Gasteiger partial charge in [-0.3, -0.25) is 9.59 Å². The summed E-state index contributed by atoms with van der Waals surface area (Å²) in [5, 5.41) is 5.54. The predicted octanol–water partition coefficient (Wildman–Crippen LogP) is 0.968. The molecule has 1 atom stereocenters. The van der Waals surface area contributed by atoms with Gasteiger partial charge in [-0.2, -0.15) is 9.97 Å². The fourth-order valence-electron chi connectivity index (χ4n) is 3.42. The van der Waals surface area contributed by atoms with Crippen LogP contribution >= 0.6 is 0 Å². The molecule has 10 nitrogen and oxygen atoms in total. The van der Waals surface area contributed by atoms with E-state index in [0.29, 0.717) is 49.3 Å². The van der Waals surface area contributed by atoms with Crippen molar-refractivity contribution < 1.29 is 19.1 Å². The number of methoxy groups -OCH3 is 1. The maximum atomic E-state index is 12.9. The van der Waals surface area contributed by atoms with Crippen molar-refractivity contribution in [3.63, 3.8) is 0 Å². The highest BCUT2D eigenvalue weighted by molar-refractivity contribution is 6.05. The second-order valence-electron chi connectivity index (χ2n) is 6.79. The Morgan fingerprint density at radius 3 is 2.69 bits per heavy atom. The molecule has 0 saturated carbocycles. The Morgan fingerprint density at radius 2 is 2.00 bits per heavy atom. The van der Waals surface area contributed by atoms with Gasteiger partial charge in [0, 0.05) is 25.2 Å². The second kappa shape index (κ2) is 7.92.